The minimum atomic E-state index is -0.752. The summed E-state index contributed by atoms with van der Waals surface area (Å²) in [6.45, 7) is 0.871. The molecule has 4 heterocycles. The van der Waals surface area contributed by atoms with E-state index >= 15 is 0 Å². The van der Waals surface area contributed by atoms with Crippen molar-refractivity contribution >= 4 is 17.5 Å². The molecule has 1 aromatic heterocycles. The minimum absolute atomic E-state index is 0.0775. The number of nitrogens with zero attached hydrogens (tertiary/aromatic N) is 3. The zero-order valence-corrected chi connectivity index (χ0v) is 17.3. The standard InChI is InChI=1S/C24H25N3O4/c1-26(14-17-4-2-3-12-25-17)22(29)20-19-9-11-24(31-19)15-27(23(30)21(20)24)18-7-5-16(6-8-18)10-13-28/h2-9,11-12,19-21,28H,10,13-15H2,1H3/t19-,20-,21+,24-/m0/s1. The largest absolute Gasteiger partial charge is 0.396 e. The fourth-order valence-corrected chi connectivity index (χ4v) is 5.04. The molecule has 0 aliphatic carbocycles. The van der Waals surface area contributed by atoms with E-state index in [0.717, 1.165) is 16.9 Å². The molecule has 2 amide bonds. The molecule has 4 atom stereocenters. The van der Waals surface area contributed by atoms with Crippen LogP contribution in [0.5, 0.6) is 0 Å². The van der Waals surface area contributed by atoms with E-state index in [9.17, 15) is 9.59 Å². The number of fused-ring (bicyclic) bond motifs is 1. The van der Waals surface area contributed by atoms with Crippen LogP contribution in [0.3, 0.4) is 0 Å². The van der Waals surface area contributed by atoms with Crippen LogP contribution in [0.1, 0.15) is 11.3 Å². The molecule has 3 aliphatic rings. The Morgan fingerprint density at radius 2 is 2.10 bits per heavy atom. The number of anilines is 1. The molecule has 0 unspecified atom stereocenters. The summed E-state index contributed by atoms with van der Waals surface area (Å²) in [6, 6.07) is 13.2. The summed E-state index contributed by atoms with van der Waals surface area (Å²) in [4.78, 5) is 34.5. The molecule has 7 nitrogen and oxygen atoms in total. The van der Waals surface area contributed by atoms with Crippen molar-refractivity contribution in [1.82, 2.24) is 9.88 Å². The molecule has 160 valence electrons. The number of aliphatic hydroxyl groups excluding tert-OH is 1. The van der Waals surface area contributed by atoms with E-state index in [2.05, 4.69) is 4.98 Å². The topological polar surface area (TPSA) is 83.0 Å². The highest BCUT2D eigenvalue weighted by molar-refractivity contribution is 6.03. The zero-order valence-electron chi connectivity index (χ0n) is 17.3. The van der Waals surface area contributed by atoms with Crippen LogP contribution in [0.25, 0.3) is 0 Å². The van der Waals surface area contributed by atoms with Crippen LogP contribution in [-0.2, 0) is 27.3 Å². The summed E-state index contributed by atoms with van der Waals surface area (Å²) in [6.07, 6.45) is 5.79. The fraction of sp³-hybridized carbons (Fsp3) is 0.375. The Morgan fingerprint density at radius 3 is 2.81 bits per heavy atom. The molecule has 2 bridgehead atoms. The lowest BCUT2D eigenvalue weighted by Crippen LogP contribution is -2.44. The second-order valence-corrected chi connectivity index (χ2v) is 8.48. The van der Waals surface area contributed by atoms with Gasteiger partial charge < -0.3 is 19.6 Å². The third kappa shape index (κ3) is 3.25. The van der Waals surface area contributed by atoms with E-state index in [0.29, 0.717) is 19.5 Å². The fourth-order valence-electron chi connectivity index (χ4n) is 5.04. The summed E-state index contributed by atoms with van der Waals surface area (Å²) in [7, 11) is 1.75. The SMILES string of the molecule is CN(Cc1ccccn1)C(=O)[C@H]1[C@@H]2C=C[C@@]3(CN(c4ccc(CCO)cc4)C(=O)[C@@H]13)O2. The number of rotatable bonds is 6. The van der Waals surface area contributed by atoms with E-state index in [1.165, 1.54) is 0 Å². The maximum Gasteiger partial charge on any atom is 0.234 e. The summed E-state index contributed by atoms with van der Waals surface area (Å²) >= 11 is 0. The molecule has 2 fully saturated rings. The van der Waals surface area contributed by atoms with Crippen molar-refractivity contribution in [2.24, 2.45) is 11.8 Å². The molecule has 31 heavy (non-hydrogen) atoms. The first-order chi connectivity index (χ1) is 15.0. The van der Waals surface area contributed by atoms with Gasteiger partial charge in [-0.2, -0.15) is 0 Å². The zero-order chi connectivity index (χ0) is 21.6. The number of pyridine rings is 1. The highest BCUT2D eigenvalue weighted by atomic mass is 16.5. The van der Waals surface area contributed by atoms with Gasteiger partial charge in [0.15, 0.2) is 0 Å². The van der Waals surface area contributed by atoms with Crippen LogP contribution in [-0.4, -0.2) is 58.7 Å². The van der Waals surface area contributed by atoms with Crippen molar-refractivity contribution in [3.63, 3.8) is 0 Å². The third-order valence-electron chi connectivity index (χ3n) is 6.54. The first kappa shape index (κ1) is 19.9. The van der Waals surface area contributed by atoms with Crippen molar-refractivity contribution in [3.05, 3.63) is 72.1 Å². The molecular formula is C24H25N3O4. The van der Waals surface area contributed by atoms with Gasteiger partial charge in [-0.1, -0.05) is 30.4 Å². The molecule has 0 radical (unpaired) electrons. The molecule has 1 N–H and O–H groups in total. The van der Waals surface area contributed by atoms with E-state index in [1.54, 1.807) is 23.0 Å². The van der Waals surface area contributed by atoms with Gasteiger partial charge in [0.05, 0.1) is 36.7 Å². The van der Waals surface area contributed by atoms with Gasteiger partial charge in [0.2, 0.25) is 11.8 Å². The molecule has 2 aromatic rings. The summed E-state index contributed by atoms with van der Waals surface area (Å²) in [5.74, 6) is -1.24. The maximum atomic E-state index is 13.5. The Kier molecular flexibility index (Phi) is 4.87. The number of hydrogen-bond donors (Lipinski definition) is 1. The van der Waals surface area contributed by atoms with Crippen molar-refractivity contribution in [2.75, 3.05) is 25.1 Å². The second-order valence-electron chi connectivity index (χ2n) is 8.48. The Bertz CT molecular complexity index is 1020. The smallest absolute Gasteiger partial charge is 0.234 e. The Labute approximate surface area is 180 Å². The minimum Gasteiger partial charge on any atom is -0.396 e. The van der Waals surface area contributed by atoms with Crippen molar-refractivity contribution in [2.45, 2.75) is 24.7 Å². The van der Waals surface area contributed by atoms with Gasteiger partial charge in [0.25, 0.3) is 0 Å². The predicted molar refractivity (Wildman–Crippen MR) is 114 cm³/mol. The van der Waals surface area contributed by atoms with Gasteiger partial charge in [0, 0.05) is 25.5 Å². The molecule has 0 saturated carbocycles. The average molecular weight is 419 g/mol. The lowest BCUT2D eigenvalue weighted by Gasteiger charge is -2.27. The van der Waals surface area contributed by atoms with Crippen LogP contribution in [0.15, 0.2) is 60.8 Å². The molecule has 5 rings (SSSR count). The first-order valence-electron chi connectivity index (χ1n) is 10.6. The predicted octanol–water partition coefficient (Wildman–Crippen LogP) is 1.56. The Hall–Kier alpha value is -3.03. The number of carbonyl (C=O) groups is 2. The van der Waals surface area contributed by atoms with Crippen LogP contribution < -0.4 is 4.90 Å². The lowest BCUT2D eigenvalue weighted by molar-refractivity contribution is -0.139. The summed E-state index contributed by atoms with van der Waals surface area (Å²) < 4.78 is 6.23. The second kappa shape index (κ2) is 7.59. The van der Waals surface area contributed by atoms with Gasteiger partial charge in [-0.05, 0) is 36.2 Å². The van der Waals surface area contributed by atoms with E-state index in [1.807, 2.05) is 54.6 Å². The Morgan fingerprint density at radius 1 is 1.29 bits per heavy atom. The first-order valence-corrected chi connectivity index (χ1v) is 10.6. The van der Waals surface area contributed by atoms with Crippen LogP contribution >= 0.6 is 0 Å². The van der Waals surface area contributed by atoms with Crippen LogP contribution in [0.4, 0.5) is 5.69 Å². The molecular weight excluding hydrogens is 394 g/mol. The number of benzene rings is 1. The van der Waals surface area contributed by atoms with Crippen molar-refractivity contribution in [1.29, 1.82) is 0 Å². The van der Waals surface area contributed by atoms with E-state index < -0.39 is 17.4 Å². The third-order valence-corrected chi connectivity index (χ3v) is 6.54. The number of ether oxygens (including phenoxy) is 1. The highest BCUT2D eigenvalue weighted by Gasteiger charge is 2.67. The maximum absolute atomic E-state index is 13.5. The van der Waals surface area contributed by atoms with E-state index in [4.69, 9.17) is 9.84 Å². The van der Waals surface area contributed by atoms with Gasteiger partial charge in [-0.3, -0.25) is 14.6 Å². The average Bonchev–Trinajstić information content (AvgIpc) is 3.43. The number of aliphatic hydroxyl groups is 1. The molecule has 1 spiro atoms. The van der Waals surface area contributed by atoms with Gasteiger partial charge in [0.1, 0.15) is 5.60 Å². The van der Waals surface area contributed by atoms with Gasteiger partial charge in [-0.15, -0.1) is 0 Å². The van der Waals surface area contributed by atoms with Crippen molar-refractivity contribution < 1.29 is 19.4 Å². The lowest BCUT2D eigenvalue weighted by atomic mass is 9.76. The normalized spacial score (nSPS) is 28.3. The van der Waals surface area contributed by atoms with Gasteiger partial charge >= 0.3 is 0 Å². The summed E-state index contributed by atoms with van der Waals surface area (Å²) in [5, 5.41) is 9.11. The molecule has 3 aliphatic heterocycles. The number of carbonyl (C=O) groups excluding carboxylic acids is 2. The molecule has 2 saturated heterocycles. The van der Waals surface area contributed by atoms with E-state index in [-0.39, 0.29) is 24.5 Å². The van der Waals surface area contributed by atoms with Crippen LogP contribution in [0.2, 0.25) is 0 Å². The number of hydrogen-bond acceptors (Lipinski definition) is 5. The quantitative estimate of drug-likeness (QED) is 0.719. The molecule has 7 heteroatoms. The monoisotopic (exact) mass is 419 g/mol. The molecule has 1 aromatic carbocycles. The van der Waals surface area contributed by atoms with Crippen molar-refractivity contribution in [3.8, 4) is 0 Å². The number of aromatic nitrogens is 1. The highest BCUT2D eigenvalue weighted by Crippen LogP contribution is 2.53. The van der Waals surface area contributed by atoms with Gasteiger partial charge in [-0.25, -0.2) is 0 Å². The summed E-state index contributed by atoms with van der Waals surface area (Å²) in [5.41, 5.74) is 1.84. The number of amides is 2. The Balaban J connectivity index is 1.38. The van der Waals surface area contributed by atoms with Crippen LogP contribution in [0, 0.1) is 11.8 Å².